The number of aromatic nitrogens is 2. The molecule has 1 aromatic carbocycles. The molecule has 0 saturated carbocycles. The Bertz CT molecular complexity index is 683. The number of benzene rings is 1. The number of nitrogens with one attached hydrogen (secondary N) is 1. The van der Waals surface area contributed by atoms with E-state index in [-0.39, 0.29) is 22.1 Å². The molecule has 0 atom stereocenters. The number of para-hydroxylation sites is 1. The molecule has 21 heavy (non-hydrogen) atoms. The summed E-state index contributed by atoms with van der Waals surface area (Å²) < 4.78 is 0. The summed E-state index contributed by atoms with van der Waals surface area (Å²) in [6.45, 7) is 6.19. The average Bonchev–Trinajstić information content (AvgIpc) is 2.37. The van der Waals surface area contributed by atoms with Crippen molar-refractivity contribution in [2.24, 2.45) is 0 Å². The molecule has 6 nitrogen and oxygen atoms in total. The van der Waals surface area contributed by atoms with E-state index in [1.807, 2.05) is 24.3 Å². The van der Waals surface area contributed by atoms with Gasteiger partial charge in [-0.05, 0) is 17.0 Å². The lowest BCUT2D eigenvalue weighted by atomic mass is 9.86. The molecule has 2 rings (SSSR count). The highest BCUT2D eigenvalue weighted by atomic mass is 35.5. The Morgan fingerprint density at radius 3 is 2.52 bits per heavy atom. The van der Waals surface area contributed by atoms with E-state index in [1.165, 1.54) is 6.33 Å². The second-order valence-electron chi connectivity index (χ2n) is 5.54. The van der Waals surface area contributed by atoms with Crippen LogP contribution in [0.1, 0.15) is 26.3 Å². The number of hydrogen-bond acceptors (Lipinski definition) is 5. The van der Waals surface area contributed by atoms with Gasteiger partial charge in [-0.3, -0.25) is 10.1 Å². The summed E-state index contributed by atoms with van der Waals surface area (Å²) in [4.78, 5) is 18.1. The molecule has 0 bridgehead atoms. The highest BCUT2D eigenvalue weighted by molar-refractivity contribution is 6.31. The number of rotatable bonds is 3. The van der Waals surface area contributed by atoms with Crippen molar-refractivity contribution in [2.45, 2.75) is 26.2 Å². The van der Waals surface area contributed by atoms with E-state index in [0.29, 0.717) is 0 Å². The minimum atomic E-state index is -0.593. The summed E-state index contributed by atoms with van der Waals surface area (Å²) in [5.74, 6) is 0.0803. The minimum absolute atomic E-state index is 0.0803. The van der Waals surface area contributed by atoms with E-state index in [4.69, 9.17) is 11.6 Å². The van der Waals surface area contributed by atoms with Gasteiger partial charge in [-0.1, -0.05) is 50.6 Å². The fourth-order valence-electron chi connectivity index (χ4n) is 1.98. The summed E-state index contributed by atoms with van der Waals surface area (Å²) in [5, 5.41) is 13.9. The van der Waals surface area contributed by atoms with E-state index >= 15 is 0 Å². The summed E-state index contributed by atoms with van der Waals surface area (Å²) >= 11 is 5.79. The Labute approximate surface area is 127 Å². The second kappa shape index (κ2) is 5.65. The monoisotopic (exact) mass is 306 g/mol. The highest BCUT2D eigenvalue weighted by Gasteiger charge is 2.24. The molecular weight excluding hydrogens is 292 g/mol. The van der Waals surface area contributed by atoms with Gasteiger partial charge in [-0.15, -0.1) is 0 Å². The van der Waals surface area contributed by atoms with Crippen molar-refractivity contribution in [1.29, 1.82) is 0 Å². The van der Waals surface area contributed by atoms with Crippen LogP contribution >= 0.6 is 11.6 Å². The third-order valence-corrected chi connectivity index (χ3v) is 3.22. The van der Waals surface area contributed by atoms with Crippen molar-refractivity contribution in [3.8, 4) is 0 Å². The Balaban J connectivity index is 2.50. The molecule has 0 aliphatic rings. The molecule has 0 fully saturated rings. The van der Waals surface area contributed by atoms with Crippen LogP contribution in [0.5, 0.6) is 0 Å². The van der Waals surface area contributed by atoms with Crippen LogP contribution < -0.4 is 5.32 Å². The molecule has 110 valence electrons. The summed E-state index contributed by atoms with van der Waals surface area (Å²) in [7, 11) is 0. The van der Waals surface area contributed by atoms with Gasteiger partial charge >= 0.3 is 5.69 Å². The minimum Gasteiger partial charge on any atom is -0.334 e. The van der Waals surface area contributed by atoms with Crippen LogP contribution in [0.2, 0.25) is 5.15 Å². The Morgan fingerprint density at radius 1 is 1.24 bits per heavy atom. The fourth-order valence-corrected chi connectivity index (χ4v) is 2.19. The maximum atomic E-state index is 11.1. The van der Waals surface area contributed by atoms with Crippen LogP contribution in [-0.4, -0.2) is 14.9 Å². The predicted molar refractivity (Wildman–Crippen MR) is 82.1 cm³/mol. The number of nitrogens with zero attached hydrogens (tertiary/aromatic N) is 3. The summed E-state index contributed by atoms with van der Waals surface area (Å²) in [5.41, 5.74) is 1.33. The molecule has 0 radical (unpaired) electrons. The molecule has 0 unspecified atom stereocenters. The zero-order chi connectivity index (χ0) is 15.6. The van der Waals surface area contributed by atoms with Crippen molar-refractivity contribution < 1.29 is 4.92 Å². The van der Waals surface area contributed by atoms with Gasteiger partial charge in [0.15, 0.2) is 0 Å². The van der Waals surface area contributed by atoms with Crippen LogP contribution in [0.4, 0.5) is 17.2 Å². The number of halogens is 1. The molecular formula is C14H15ClN4O2. The molecule has 7 heteroatoms. The van der Waals surface area contributed by atoms with Crippen molar-refractivity contribution >= 4 is 28.8 Å². The third kappa shape index (κ3) is 3.28. The third-order valence-electron chi connectivity index (χ3n) is 2.95. The van der Waals surface area contributed by atoms with Gasteiger partial charge in [0, 0.05) is 5.69 Å². The van der Waals surface area contributed by atoms with Crippen LogP contribution in [-0.2, 0) is 5.41 Å². The highest BCUT2D eigenvalue weighted by Crippen LogP contribution is 2.35. The zero-order valence-corrected chi connectivity index (χ0v) is 12.7. The van der Waals surface area contributed by atoms with Gasteiger partial charge in [0.05, 0.1) is 4.92 Å². The van der Waals surface area contributed by atoms with E-state index in [0.717, 1.165) is 11.3 Å². The van der Waals surface area contributed by atoms with E-state index in [9.17, 15) is 10.1 Å². The topological polar surface area (TPSA) is 81.0 Å². The zero-order valence-electron chi connectivity index (χ0n) is 11.9. The van der Waals surface area contributed by atoms with E-state index in [1.54, 1.807) is 0 Å². The first-order valence-corrected chi connectivity index (χ1v) is 6.70. The van der Waals surface area contributed by atoms with E-state index in [2.05, 4.69) is 36.1 Å². The van der Waals surface area contributed by atoms with Gasteiger partial charge in [-0.25, -0.2) is 9.97 Å². The van der Waals surface area contributed by atoms with Crippen molar-refractivity contribution in [1.82, 2.24) is 9.97 Å². The SMILES string of the molecule is CC(C)(C)c1ccccc1Nc1ncnc(Cl)c1[N+](=O)[O-]. The van der Waals surface area contributed by atoms with E-state index < -0.39 is 4.92 Å². The van der Waals surface area contributed by atoms with Crippen molar-refractivity contribution in [2.75, 3.05) is 5.32 Å². The predicted octanol–water partition coefficient (Wildman–Crippen LogP) is 4.08. The maximum Gasteiger partial charge on any atom is 0.348 e. The van der Waals surface area contributed by atoms with Gasteiger partial charge < -0.3 is 5.32 Å². The van der Waals surface area contributed by atoms with Crippen molar-refractivity contribution in [3.63, 3.8) is 0 Å². The summed E-state index contributed by atoms with van der Waals surface area (Å²) in [6, 6.07) is 7.59. The molecule has 0 amide bonds. The molecule has 2 aromatic rings. The molecule has 1 heterocycles. The molecule has 0 aliphatic carbocycles. The lowest BCUT2D eigenvalue weighted by molar-refractivity contribution is -0.384. The first-order chi connectivity index (χ1) is 9.80. The van der Waals surface area contributed by atoms with Crippen LogP contribution in [0, 0.1) is 10.1 Å². The maximum absolute atomic E-state index is 11.1. The number of anilines is 2. The van der Waals surface area contributed by atoms with Gasteiger partial charge in [0.2, 0.25) is 11.0 Å². The standard InChI is InChI=1S/C14H15ClN4O2/c1-14(2,3)9-6-4-5-7-10(9)18-13-11(19(20)21)12(15)16-8-17-13/h4-8H,1-3H3,(H,16,17,18). The largest absolute Gasteiger partial charge is 0.348 e. The van der Waals surface area contributed by atoms with Crippen LogP contribution in [0.25, 0.3) is 0 Å². The Hall–Kier alpha value is -2.21. The van der Waals surface area contributed by atoms with Gasteiger partial charge in [-0.2, -0.15) is 0 Å². The molecule has 1 N–H and O–H groups in total. The Morgan fingerprint density at radius 2 is 1.90 bits per heavy atom. The lowest BCUT2D eigenvalue weighted by Crippen LogP contribution is -2.14. The molecule has 0 spiro atoms. The first-order valence-electron chi connectivity index (χ1n) is 6.32. The van der Waals surface area contributed by atoms with Crippen LogP contribution in [0.3, 0.4) is 0 Å². The summed E-state index contributed by atoms with van der Waals surface area (Å²) in [6.07, 6.45) is 1.19. The normalized spacial score (nSPS) is 11.2. The quantitative estimate of drug-likeness (QED) is 0.525. The van der Waals surface area contributed by atoms with Gasteiger partial charge in [0.1, 0.15) is 6.33 Å². The molecule has 0 aliphatic heterocycles. The number of nitro groups is 1. The molecule has 0 saturated heterocycles. The Kier molecular flexibility index (Phi) is 4.09. The first kappa shape index (κ1) is 15.2. The average molecular weight is 307 g/mol. The smallest absolute Gasteiger partial charge is 0.334 e. The molecule has 1 aromatic heterocycles. The second-order valence-corrected chi connectivity index (χ2v) is 5.90. The van der Waals surface area contributed by atoms with Crippen molar-refractivity contribution in [3.05, 3.63) is 51.4 Å². The fraction of sp³-hybridized carbons (Fsp3) is 0.286. The van der Waals surface area contributed by atoms with Crippen LogP contribution in [0.15, 0.2) is 30.6 Å². The number of hydrogen-bond donors (Lipinski definition) is 1. The van der Waals surface area contributed by atoms with Gasteiger partial charge in [0.25, 0.3) is 0 Å². The lowest BCUT2D eigenvalue weighted by Gasteiger charge is -2.23.